The molecule has 0 spiro atoms. The van der Waals surface area contributed by atoms with Crippen molar-refractivity contribution in [1.82, 2.24) is 0 Å². The lowest BCUT2D eigenvalue weighted by atomic mass is 10.1. The van der Waals surface area contributed by atoms with Crippen LogP contribution in [0.4, 0.5) is 11.4 Å². The molecule has 0 aliphatic carbocycles. The highest BCUT2D eigenvalue weighted by Gasteiger charge is 2.23. The van der Waals surface area contributed by atoms with E-state index in [4.69, 9.17) is 15.2 Å². The van der Waals surface area contributed by atoms with Gasteiger partial charge in [0, 0.05) is 18.2 Å². The van der Waals surface area contributed by atoms with Crippen LogP contribution in [0, 0.1) is 10.1 Å². The number of fused-ring (bicyclic) bond motifs is 1. The molecule has 0 fully saturated rings. The summed E-state index contributed by atoms with van der Waals surface area (Å²) in [5.41, 5.74) is 5.72. The molecule has 2 rings (SSSR count). The van der Waals surface area contributed by atoms with Gasteiger partial charge in [0.25, 0.3) is 5.69 Å². The summed E-state index contributed by atoms with van der Waals surface area (Å²) in [6.07, 6.45) is 0. The van der Waals surface area contributed by atoms with Crippen LogP contribution in [0.1, 0.15) is 13.8 Å². The van der Waals surface area contributed by atoms with Crippen LogP contribution in [0.2, 0.25) is 0 Å². The molecule has 1 aromatic carbocycles. The van der Waals surface area contributed by atoms with Crippen LogP contribution < -0.4 is 20.5 Å². The van der Waals surface area contributed by atoms with Crippen molar-refractivity contribution in [3.63, 3.8) is 0 Å². The van der Waals surface area contributed by atoms with Gasteiger partial charge < -0.3 is 20.5 Å². The van der Waals surface area contributed by atoms with E-state index in [0.717, 1.165) is 0 Å². The molecule has 1 aromatic rings. The fourth-order valence-corrected chi connectivity index (χ4v) is 1.69. The quantitative estimate of drug-likeness (QED) is 0.633. The molecule has 1 aliphatic rings. The van der Waals surface area contributed by atoms with Gasteiger partial charge in [0.2, 0.25) is 0 Å². The van der Waals surface area contributed by atoms with Crippen molar-refractivity contribution in [3.8, 4) is 11.5 Å². The van der Waals surface area contributed by atoms with Crippen LogP contribution in [0.15, 0.2) is 12.1 Å². The van der Waals surface area contributed by atoms with Gasteiger partial charge >= 0.3 is 0 Å². The van der Waals surface area contributed by atoms with Crippen molar-refractivity contribution >= 4 is 11.4 Å². The summed E-state index contributed by atoms with van der Waals surface area (Å²) < 4.78 is 10.7. The van der Waals surface area contributed by atoms with E-state index in [0.29, 0.717) is 36.9 Å². The van der Waals surface area contributed by atoms with E-state index < -0.39 is 10.5 Å². The molecule has 0 atom stereocenters. The van der Waals surface area contributed by atoms with E-state index in [9.17, 15) is 10.1 Å². The Labute approximate surface area is 110 Å². The highest BCUT2D eigenvalue weighted by Crippen LogP contribution is 2.39. The smallest absolute Gasteiger partial charge is 0.296 e. The van der Waals surface area contributed by atoms with Gasteiger partial charge in [-0.2, -0.15) is 0 Å². The Morgan fingerprint density at radius 1 is 1.37 bits per heavy atom. The van der Waals surface area contributed by atoms with Crippen LogP contribution in [-0.4, -0.2) is 30.2 Å². The third-order valence-corrected chi connectivity index (χ3v) is 2.59. The summed E-state index contributed by atoms with van der Waals surface area (Å²) in [5.74, 6) is 0.907. The minimum Gasteiger partial charge on any atom is -0.486 e. The highest BCUT2D eigenvalue weighted by molar-refractivity contribution is 5.68. The first-order valence-electron chi connectivity index (χ1n) is 5.97. The van der Waals surface area contributed by atoms with Gasteiger partial charge in [0.15, 0.2) is 11.5 Å². The second-order valence-electron chi connectivity index (χ2n) is 5.11. The number of hydrogen-bond donors (Lipinski definition) is 2. The van der Waals surface area contributed by atoms with Crippen molar-refractivity contribution < 1.29 is 14.4 Å². The number of rotatable bonds is 4. The maximum Gasteiger partial charge on any atom is 0.296 e. The zero-order valence-corrected chi connectivity index (χ0v) is 10.9. The summed E-state index contributed by atoms with van der Waals surface area (Å²) in [4.78, 5) is 10.6. The molecule has 1 aliphatic heterocycles. The minimum atomic E-state index is -0.471. The zero-order chi connectivity index (χ0) is 14.0. The number of hydrogen-bond acceptors (Lipinski definition) is 6. The van der Waals surface area contributed by atoms with Gasteiger partial charge in [-0.05, 0) is 13.8 Å². The predicted molar refractivity (Wildman–Crippen MR) is 70.8 cm³/mol. The minimum absolute atomic E-state index is 0.0477. The van der Waals surface area contributed by atoms with Crippen molar-refractivity contribution in [2.24, 2.45) is 5.73 Å². The first-order valence-corrected chi connectivity index (χ1v) is 5.97. The summed E-state index contributed by atoms with van der Waals surface area (Å²) in [5, 5.41) is 14.1. The molecule has 0 radical (unpaired) electrons. The Morgan fingerprint density at radius 2 is 1.95 bits per heavy atom. The lowest BCUT2D eigenvalue weighted by Crippen LogP contribution is -2.39. The van der Waals surface area contributed by atoms with E-state index in [1.807, 2.05) is 13.8 Å². The van der Waals surface area contributed by atoms with E-state index in [1.165, 1.54) is 6.07 Å². The summed E-state index contributed by atoms with van der Waals surface area (Å²) in [7, 11) is 0. The Kier molecular flexibility index (Phi) is 3.48. The first-order chi connectivity index (χ1) is 8.87. The molecule has 1 heterocycles. The van der Waals surface area contributed by atoms with Crippen molar-refractivity contribution in [2.75, 3.05) is 25.1 Å². The summed E-state index contributed by atoms with van der Waals surface area (Å²) in [6.45, 7) is 4.92. The molecule has 0 unspecified atom stereocenters. The van der Waals surface area contributed by atoms with E-state index in [2.05, 4.69) is 5.32 Å². The third kappa shape index (κ3) is 3.25. The van der Waals surface area contributed by atoms with Gasteiger partial charge in [-0.1, -0.05) is 0 Å². The number of nitro benzene ring substituents is 1. The van der Waals surface area contributed by atoms with E-state index in [-0.39, 0.29) is 5.69 Å². The SMILES string of the molecule is CC(C)(N)CNc1cc2c(cc1[N+](=O)[O-])OCCO2. The van der Waals surface area contributed by atoms with Crippen molar-refractivity contribution in [1.29, 1.82) is 0 Å². The maximum atomic E-state index is 11.1. The first kappa shape index (κ1) is 13.4. The molecule has 104 valence electrons. The topological polar surface area (TPSA) is 99.7 Å². The maximum absolute atomic E-state index is 11.1. The van der Waals surface area contributed by atoms with Gasteiger partial charge in [0.1, 0.15) is 18.9 Å². The van der Waals surface area contributed by atoms with Crippen LogP contribution >= 0.6 is 0 Å². The predicted octanol–water partition coefficient (Wildman–Crippen LogP) is 1.52. The van der Waals surface area contributed by atoms with Crippen LogP contribution in [0.25, 0.3) is 0 Å². The molecule has 7 nitrogen and oxygen atoms in total. The van der Waals surface area contributed by atoms with Crippen molar-refractivity contribution in [2.45, 2.75) is 19.4 Å². The average Bonchev–Trinajstić information content (AvgIpc) is 2.34. The Morgan fingerprint density at radius 3 is 2.47 bits per heavy atom. The van der Waals surface area contributed by atoms with Gasteiger partial charge in [0.05, 0.1) is 11.0 Å². The van der Waals surface area contributed by atoms with Crippen LogP contribution in [-0.2, 0) is 0 Å². The molecule has 3 N–H and O–H groups in total. The molecule has 19 heavy (non-hydrogen) atoms. The average molecular weight is 267 g/mol. The number of anilines is 1. The van der Waals surface area contributed by atoms with Gasteiger partial charge in [-0.3, -0.25) is 10.1 Å². The highest BCUT2D eigenvalue weighted by atomic mass is 16.6. The Hall–Kier alpha value is -2.02. The standard InChI is InChI=1S/C12H17N3O4/c1-12(2,13)7-14-8-5-10-11(19-4-3-18-10)6-9(8)15(16)17/h5-6,14H,3-4,7,13H2,1-2H3. The largest absolute Gasteiger partial charge is 0.486 e. The van der Waals surface area contributed by atoms with E-state index in [1.54, 1.807) is 6.07 Å². The Bertz CT molecular complexity index is 496. The zero-order valence-electron chi connectivity index (χ0n) is 10.9. The van der Waals surface area contributed by atoms with Gasteiger partial charge in [-0.15, -0.1) is 0 Å². The number of benzene rings is 1. The number of nitrogens with two attached hydrogens (primary N) is 1. The molecule has 0 aromatic heterocycles. The second kappa shape index (κ2) is 4.93. The molecule has 0 amide bonds. The molecular formula is C12H17N3O4. The third-order valence-electron chi connectivity index (χ3n) is 2.59. The molecule has 0 saturated heterocycles. The molecule has 0 saturated carbocycles. The lowest BCUT2D eigenvalue weighted by molar-refractivity contribution is -0.384. The van der Waals surface area contributed by atoms with Gasteiger partial charge in [-0.25, -0.2) is 0 Å². The molecule has 0 bridgehead atoms. The lowest BCUT2D eigenvalue weighted by Gasteiger charge is -2.22. The van der Waals surface area contributed by atoms with Crippen LogP contribution in [0.5, 0.6) is 11.5 Å². The molecule has 7 heteroatoms. The van der Waals surface area contributed by atoms with Crippen LogP contribution in [0.3, 0.4) is 0 Å². The number of nitrogens with one attached hydrogen (secondary N) is 1. The number of nitrogens with zero attached hydrogens (tertiary/aromatic N) is 1. The van der Waals surface area contributed by atoms with Crippen molar-refractivity contribution in [3.05, 3.63) is 22.2 Å². The molecular weight excluding hydrogens is 250 g/mol. The Balaban J connectivity index is 2.32. The number of nitro groups is 1. The summed E-state index contributed by atoms with van der Waals surface area (Å²) in [6, 6.07) is 2.96. The fraction of sp³-hybridized carbons (Fsp3) is 0.500. The second-order valence-corrected chi connectivity index (χ2v) is 5.11. The monoisotopic (exact) mass is 267 g/mol. The van der Waals surface area contributed by atoms with E-state index >= 15 is 0 Å². The number of ether oxygens (including phenoxy) is 2. The summed E-state index contributed by atoms with van der Waals surface area (Å²) >= 11 is 0. The fourth-order valence-electron chi connectivity index (χ4n) is 1.69. The normalized spacial score (nSPS) is 14.1.